The van der Waals surface area contributed by atoms with Gasteiger partial charge in [0.1, 0.15) is 5.75 Å². The number of rotatable bonds is 4. The second-order valence-electron chi connectivity index (χ2n) is 6.00. The normalized spacial score (nSPS) is 19.7. The number of benzene rings is 1. The van der Waals surface area contributed by atoms with E-state index in [2.05, 4.69) is 16.9 Å². The minimum atomic E-state index is -4.40. The molecule has 1 aliphatic rings. The molecule has 0 saturated carbocycles. The average Bonchev–Trinajstić information content (AvgIpc) is 2.59. The number of ether oxygens (including phenoxy) is 1. The van der Waals surface area contributed by atoms with Gasteiger partial charge in [-0.05, 0) is 49.6 Å². The van der Waals surface area contributed by atoms with Gasteiger partial charge in [-0.2, -0.15) is 13.2 Å². The van der Waals surface area contributed by atoms with E-state index >= 15 is 0 Å². The van der Waals surface area contributed by atoms with Gasteiger partial charge < -0.3 is 10.1 Å². The third-order valence-electron chi connectivity index (χ3n) is 3.82. The van der Waals surface area contributed by atoms with Crippen molar-refractivity contribution in [2.45, 2.75) is 31.5 Å². The Morgan fingerprint density at radius 2 is 2.04 bits per heavy atom. The Balaban J connectivity index is 1.83. The molecule has 0 saturated heterocycles. The molecule has 0 aromatic heterocycles. The molecule has 0 radical (unpaired) electrons. The Labute approximate surface area is 150 Å². The molecular formula is C19H21F3N2O2. The predicted octanol–water partition coefficient (Wildman–Crippen LogP) is 3.94. The molecule has 1 aromatic carbocycles. The summed E-state index contributed by atoms with van der Waals surface area (Å²) in [5.74, 6) is -0.130. The van der Waals surface area contributed by atoms with Crippen LogP contribution in [0.4, 0.5) is 13.2 Å². The molecule has 7 heteroatoms. The van der Waals surface area contributed by atoms with Crippen LogP contribution in [-0.4, -0.2) is 31.3 Å². The first-order valence-corrected chi connectivity index (χ1v) is 8.28. The van der Waals surface area contributed by atoms with E-state index in [-0.39, 0.29) is 24.3 Å². The standard InChI is InChI=1S/C19H21F3N2O2/c1-14-4-2-6-16(12-23-11-3-5-14)24-18(25)13-26-17-9-7-15(8-10-17)19(20,21)22/h3,5,7-11,16H,1-2,4,6,12-13H2,(H,24,25)/b5-3-,23-11?. The number of amides is 1. The maximum absolute atomic E-state index is 12.5. The Kier molecular flexibility index (Phi) is 7.00. The fraction of sp³-hybridized carbons (Fsp3) is 0.368. The fourth-order valence-electron chi connectivity index (χ4n) is 2.45. The SMILES string of the molecule is C=C1/C=C\C=NCC(NC(=O)COc2ccc(C(F)(F)F)cc2)CCC1. The van der Waals surface area contributed by atoms with Crippen LogP contribution >= 0.6 is 0 Å². The summed E-state index contributed by atoms with van der Waals surface area (Å²) >= 11 is 0. The molecule has 0 spiro atoms. The van der Waals surface area contributed by atoms with Crippen LogP contribution in [0.5, 0.6) is 5.75 Å². The van der Waals surface area contributed by atoms with Crippen LogP contribution in [0.3, 0.4) is 0 Å². The Morgan fingerprint density at radius 3 is 2.73 bits per heavy atom. The van der Waals surface area contributed by atoms with E-state index in [1.54, 1.807) is 6.21 Å². The number of carbonyl (C=O) groups excluding carboxylic acids is 1. The predicted molar refractivity (Wildman–Crippen MR) is 94.4 cm³/mol. The highest BCUT2D eigenvalue weighted by molar-refractivity contribution is 5.78. The molecular weight excluding hydrogens is 345 g/mol. The van der Waals surface area contributed by atoms with Crippen molar-refractivity contribution < 1.29 is 22.7 Å². The largest absolute Gasteiger partial charge is 0.484 e. The maximum atomic E-state index is 12.5. The van der Waals surface area contributed by atoms with Crippen molar-refractivity contribution in [1.29, 1.82) is 0 Å². The molecule has 0 bridgehead atoms. The van der Waals surface area contributed by atoms with Gasteiger partial charge >= 0.3 is 6.18 Å². The summed E-state index contributed by atoms with van der Waals surface area (Å²) in [5.41, 5.74) is 0.248. The minimum Gasteiger partial charge on any atom is -0.484 e. The zero-order valence-electron chi connectivity index (χ0n) is 14.3. The zero-order valence-corrected chi connectivity index (χ0v) is 14.3. The average molecular weight is 366 g/mol. The maximum Gasteiger partial charge on any atom is 0.416 e. The Hall–Kier alpha value is -2.57. The summed E-state index contributed by atoms with van der Waals surface area (Å²) in [7, 11) is 0. The lowest BCUT2D eigenvalue weighted by atomic mass is 10.0. The number of carbonyl (C=O) groups is 1. The summed E-state index contributed by atoms with van der Waals surface area (Å²) in [4.78, 5) is 16.3. The number of nitrogens with zero attached hydrogens (tertiary/aromatic N) is 1. The van der Waals surface area contributed by atoms with Gasteiger partial charge in [0.2, 0.25) is 0 Å². The van der Waals surface area contributed by atoms with Crippen LogP contribution in [0.15, 0.2) is 53.6 Å². The highest BCUT2D eigenvalue weighted by Crippen LogP contribution is 2.30. The molecule has 1 aliphatic heterocycles. The van der Waals surface area contributed by atoms with E-state index in [0.717, 1.165) is 37.0 Å². The first kappa shape index (κ1) is 19.8. The summed E-state index contributed by atoms with van der Waals surface area (Å²) < 4.78 is 42.8. The number of alkyl halides is 3. The van der Waals surface area contributed by atoms with Crippen molar-refractivity contribution in [3.8, 4) is 5.75 Å². The fourth-order valence-corrected chi connectivity index (χ4v) is 2.45. The van der Waals surface area contributed by atoms with E-state index in [4.69, 9.17) is 4.74 Å². The van der Waals surface area contributed by atoms with Crippen LogP contribution in [0.2, 0.25) is 0 Å². The van der Waals surface area contributed by atoms with Gasteiger partial charge in [-0.3, -0.25) is 9.79 Å². The molecule has 1 amide bonds. The first-order chi connectivity index (χ1) is 12.3. The summed E-state index contributed by atoms with van der Waals surface area (Å²) in [6.07, 6.45) is 3.50. The topological polar surface area (TPSA) is 50.7 Å². The van der Waals surface area contributed by atoms with Crippen molar-refractivity contribution in [2.24, 2.45) is 4.99 Å². The Morgan fingerprint density at radius 1 is 1.31 bits per heavy atom. The third-order valence-corrected chi connectivity index (χ3v) is 3.82. The van der Waals surface area contributed by atoms with Gasteiger partial charge in [-0.25, -0.2) is 0 Å². The second kappa shape index (κ2) is 9.22. The number of aliphatic imine (C=N–C) groups is 1. The molecule has 1 heterocycles. The molecule has 140 valence electrons. The molecule has 0 fully saturated rings. The van der Waals surface area contributed by atoms with Gasteiger partial charge in [0, 0.05) is 12.3 Å². The van der Waals surface area contributed by atoms with Crippen LogP contribution in [0.25, 0.3) is 0 Å². The van der Waals surface area contributed by atoms with Gasteiger partial charge in [0.15, 0.2) is 6.61 Å². The zero-order chi connectivity index (χ0) is 19.0. The highest BCUT2D eigenvalue weighted by Gasteiger charge is 2.30. The first-order valence-electron chi connectivity index (χ1n) is 8.28. The van der Waals surface area contributed by atoms with Crippen molar-refractivity contribution in [1.82, 2.24) is 5.32 Å². The van der Waals surface area contributed by atoms with Crippen LogP contribution in [0.1, 0.15) is 24.8 Å². The van der Waals surface area contributed by atoms with Crippen LogP contribution in [-0.2, 0) is 11.0 Å². The van der Waals surface area contributed by atoms with Gasteiger partial charge in [-0.15, -0.1) is 0 Å². The number of allylic oxidation sites excluding steroid dienone is 3. The second-order valence-corrected chi connectivity index (χ2v) is 6.00. The summed E-state index contributed by atoms with van der Waals surface area (Å²) in [6.45, 7) is 4.13. The molecule has 0 aliphatic carbocycles. The minimum absolute atomic E-state index is 0.116. The highest BCUT2D eigenvalue weighted by atomic mass is 19.4. The number of hydrogen-bond donors (Lipinski definition) is 1. The molecule has 4 nitrogen and oxygen atoms in total. The third kappa shape index (κ3) is 6.74. The monoisotopic (exact) mass is 366 g/mol. The van der Waals surface area contributed by atoms with Gasteiger partial charge in [0.05, 0.1) is 12.1 Å². The van der Waals surface area contributed by atoms with E-state index in [1.807, 2.05) is 12.2 Å². The molecule has 1 atom stereocenters. The quantitative estimate of drug-likeness (QED) is 0.878. The van der Waals surface area contributed by atoms with Crippen molar-refractivity contribution in [3.05, 3.63) is 54.1 Å². The molecule has 2 rings (SSSR count). The lowest BCUT2D eigenvalue weighted by Crippen LogP contribution is -2.39. The van der Waals surface area contributed by atoms with Crippen LogP contribution < -0.4 is 10.1 Å². The van der Waals surface area contributed by atoms with Crippen molar-refractivity contribution in [3.63, 3.8) is 0 Å². The molecule has 26 heavy (non-hydrogen) atoms. The van der Waals surface area contributed by atoms with Crippen molar-refractivity contribution >= 4 is 12.1 Å². The molecule has 1 aromatic rings. The van der Waals surface area contributed by atoms with Gasteiger partial charge in [0.25, 0.3) is 5.91 Å². The number of hydrogen-bond acceptors (Lipinski definition) is 3. The lowest BCUT2D eigenvalue weighted by molar-refractivity contribution is -0.137. The molecule has 1 N–H and O–H groups in total. The summed E-state index contributed by atoms with van der Waals surface area (Å²) in [5, 5.41) is 2.84. The number of halogens is 3. The van der Waals surface area contributed by atoms with E-state index in [0.29, 0.717) is 6.54 Å². The van der Waals surface area contributed by atoms with Gasteiger partial charge in [-0.1, -0.05) is 18.2 Å². The van der Waals surface area contributed by atoms with E-state index in [9.17, 15) is 18.0 Å². The smallest absolute Gasteiger partial charge is 0.416 e. The Bertz CT molecular complexity index is 679. The van der Waals surface area contributed by atoms with E-state index in [1.165, 1.54) is 12.1 Å². The van der Waals surface area contributed by atoms with Crippen LogP contribution in [0, 0.1) is 0 Å². The van der Waals surface area contributed by atoms with Crippen molar-refractivity contribution in [2.75, 3.05) is 13.2 Å². The van der Waals surface area contributed by atoms with E-state index < -0.39 is 11.7 Å². The lowest BCUT2D eigenvalue weighted by Gasteiger charge is -2.17. The summed E-state index contributed by atoms with van der Waals surface area (Å²) in [6, 6.07) is 4.12. The molecule has 1 unspecified atom stereocenters. The number of nitrogens with one attached hydrogen (secondary N) is 1.